The molecule has 5 atom stereocenters. The molecule has 15 heteroatoms. The van der Waals surface area contributed by atoms with Crippen LogP contribution >= 0.6 is 11.3 Å². The third-order valence-electron chi connectivity index (χ3n) is 9.82. The van der Waals surface area contributed by atoms with E-state index in [2.05, 4.69) is 16.0 Å². The first-order valence-electron chi connectivity index (χ1n) is 18.9. The molecule has 1 saturated heterocycles. The first kappa shape index (κ1) is 41.2. The van der Waals surface area contributed by atoms with E-state index >= 15 is 0 Å². The Morgan fingerprint density at radius 2 is 1.87 bits per heavy atom. The van der Waals surface area contributed by atoms with Gasteiger partial charge in [0, 0.05) is 41.3 Å². The number of aliphatic carboxylic acids is 1. The van der Waals surface area contributed by atoms with Gasteiger partial charge in [0.1, 0.15) is 46.5 Å². The Morgan fingerprint density at radius 1 is 1.11 bits per heavy atom. The molecule has 3 aromatic rings. The molecule has 0 saturated carbocycles. The summed E-state index contributed by atoms with van der Waals surface area (Å²) in [7, 11) is 1.57. The van der Waals surface area contributed by atoms with Crippen molar-refractivity contribution >= 4 is 51.2 Å². The Kier molecular flexibility index (Phi) is 12.9. The van der Waals surface area contributed by atoms with Gasteiger partial charge in [0.25, 0.3) is 0 Å². The second-order valence-corrected chi connectivity index (χ2v) is 16.6. The first-order chi connectivity index (χ1) is 26.0. The number of nitrogens with zero attached hydrogens (tertiary/aromatic N) is 3. The number of nitrogens with one attached hydrogen (secondary N) is 3. The number of pyridine rings is 1. The molecule has 3 amide bonds. The van der Waals surface area contributed by atoms with E-state index in [1.807, 2.05) is 37.4 Å². The van der Waals surface area contributed by atoms with Crippen molar-refractivity contribution in [3.8, 4) is 22.9 Å². The fourth-order valence-corrected chi connectivity index (χ4v) is 7.53. The molecule has 2 aromatic heterocycles. The van der Waals surface area contributed by atoms with Crippen molar-refractivity contribution in [2.75, 3.05) is 19.0 Å². The number of fused-ring (bicyclic) bond motifs is 2. The van der Waals surface area contributed by atoms with Crippen molar-refractivity contribution in [1.29, 1.82) is 0 Å². The van der Waals surface area contributed by atoms with E-state index in [0.29, 0.717) is 53.1 Å². The molecule has 1 aromatic carbocycles. The van der Waals surface area contributed by atoms with Crippen LogP contribution in [-0.4, -0.2) is 92.9 Å². The van der Waals surface area contributed by atoms with Gasteiger partial charge in [0.15, 0.2) is 5.13 Å². The number of ether oxygens (including phenoxy) is 3. The lowest BCUT2D eigenvalue weighted by molar-refractivity contribution is -0.150. The standard InChI is InChI=1S/C40H54N6O8S/c1-23(2)41-37-43-31(22-55-37)30-20-33(27-17-16-25(52-8)18-29(27)42-30)53-26-19-32-34(47)45-40(7,36(49)50)24(3)14-12-10-9-11-13-15-28(35(48)46(32)21-26)44-38(51)54-39(4,5)6/h12,14,16-18,20,22-24,26,28,32H,9-11,13,15,19,21H2,1-8H3,(H,41,43)(H,44,51)(H,45,47)(H,49,50)/t24?,26-,28+,32+,40-/m1/s1. The van der Waals surface area contributed by atoms with Crippen LogP contribution in [0, 0.1) is 5.92 Å². The summed E-state index contributed by atoms with van der Waals surface area (Å²) in [6.07, 6.45) is 5.61. The molecule has 0 spiro atoms. The lowest BCUT2D eigenvalue weighted by atomic mass is 9.86. The minimum Gasteiger partial charge on any atom is -0.497 e. The van der Waals surface area contributed by atoms with Crippen molar-refractivity contribution in [2.24, 2.45) is 5.92 Å². The van der Waals surface area contributed by atoms with Crippen molar-refractivity contribution in [3.63, 3.8) is 0 Å². The minimum atomic E-state index is -1.67. The average Bonchev–Trinajstić information content (AvgIpc) is 3.75. The fraction of sp³-hybridized carbons (Fsp3) is 0.550. The van der Waals surface area contributed by atoms with Gasteiger partial charge in [-0.1, -0.05) is 31.9 Å². The number of rotatable bonds is 8. The monoisotopic (exact) mass is 778 g/mol. The summed E-state index contributed by atoms with van der Waals surface area (Å²) in [5, 5.41) is 22.6. The van der Waals surface area contributed by atoms with E-state index < -0.39 is 59.1 Å². The summed E-state index contributed by atoms with van der Waals surface area (Å²) in [5.41, 5.74) is -0.662. The van der Waals surface area contributed by atoms with Crippen molar-refractivity contribution in [3.05, 3.63) is 41.8 Å². The first-order valence-corrected chi connectivity index (χ1v) is 19.7. The summed E-state index contributed by atoms with van der Waals surface area (Å²) >= 11 is 1.46. The summed E-state index contributed by atoms with van der Waals surface area (Å²) in [4.78, 5) is 65.5. The number of hydrogen-bond donors (Lipinski definition) is 4. The molecule has 4 N–H and O–H groups in total. The predicted octanol–water partition coefficient (Wildman–Crippen LogP) is 6.54. The Balaban J connectivity index is 1.53. The number of methoxy groups -OCH3 is 1. The number of benzene rings is 1. The second kappa shape index (κ2) is 17.3. The molecule has 55 heavy (non-hydrogen) atoms. The molecule has 1 unspecified atom stereocenters. The van der Waals surface area contributed by atoms with Crippen LogP contribution in [0.25, 0.3) is 22.3 Å². The smallest absolute Gasteiger partial charge is 0.408 e. The van der Waals surface area contributed by atoms with E-state index in [4.69, 9.17) is 24.2 Å². The topological polar surface area (TPSA) is 181 Å². The Bertz CT molecular complexity index is 1910. The van der Waals surface area contributed by atoms with Crippen LogP contribution in [0.2, 0.25) is 0 Å². The lowest BCUT2D eigenvalue weighted by Crippen LogP contribution is -2.61. The molecule has 298 valence electrons. The number of carboxylic acid groups (broad SMARTS) is 1. The molecular weight excluding hydrogens is 725 g/mol. The van der Waals surface area contributed by atoms with E-state index in [9.17, 15) is 24.3 Å². The predicted molar refractivity (Wildman–Crippen MR) is 211 cm³/mol. The number of anilines is 1. The fourth-order valence-electron chi connectivity index (χ4n) is 6.68. The number of aromatic nitrogens is 2. The minimum absolute atomic E-state index is 0.00285. The van der Waals surface area contributed by atoms with Crippen LogP contribution in [0.3, 0.4) is 0 Å². The number of carbonyl (C=O) groups is 4. The van der Waals surface area contributed by atoms with Crippen molar-refractivity contribution < 1.29 is 38.5 Å². The molecule has 0 radical (unpaired) electrons. The second-order valence-electron chi connectivity index (χ2n) is 15.8. The number of allylic oxidation sites excluding steroid dienone is 1. The van der Waals surface area contributed by atoms with Gasteiger partial charge < -0.3 is 40.2 Å². The van der Waals surface area contributed by atoms with Crippen molar-refractivity contribution in [2.45, 2.75) is 122 Å². The number of carbonyl (C=O) groups excluding carboxylic acids is 3. The normalized spacial score (nSPS) is 24.1. The third kappa shape index (κ3) is 10.2. The molecule has 2 aliphatic heterocycles. The van der Waals surface area contributed by atoms with Gasteiger partial charge in [-0.25, -0.2) is 19.6 Å². The van der Waals surface area contributed by atoms with Gasteiger partial charge in [0.2, 0.25) is 11.8 Å². The molecule has 0 aliphatic carbocycles. The van der Waals surface area contributed by atoms with Gasteiger partial charge in [-0.15, -0.1) is 11.3 Å². The maximum Gasteiger partial charge on any atom is 0.408 e. The maximum atomic E-state index is 14.5. The number of carboxylic acids is 1. The highest BCUT2D eigenvalue weighted by Gasteiger charge is 2.47. The largest absolute Gasteiger partial charge is 0.497 e. The number of amides is 3. The van der Waals surface area contributed by atoms with Gasteiger partial charge in [0.05, 0.1) is 24.9 Å². The Labute approximate surface area is 326 Å². The zero-order valence-electron chi connectivity index (χ0n) is 32.9. The van der Waals surface area contributed by atoms with Crippen LogP contribution in [0.4, 0.5) is 9.93 Å². The Morgan fingerprint density at radius 3 is 2.56 bits per heavy atom. The number of alkyl carbamates (subject to hydrolysis) is 1. The molecule has 1 fully saturated rings. The van der Waals surface area contributed by atoms with Gasteiger partial charge >= 0.3 is 12.1 Å². The summed E-state index contributed by atoms with van der Waals surface area (Å²) < 4.78 is 17.7. The van der Waals surface area contributed by atoms with Crippen LogP contribution in [0.15, 0.2) is 41.8 Å². The van der Waals surface area contributed by atoms with Crippen LogP contribution < -0.4 is 25.4 Å². The molecule has 4 heterocycles. The molecular formula is C40H54N6O8S. The summed E-state index contributed by atoms with van der Waals surface area (Å²) in [6.45, 7) is 12.5. The summed E-state index contributed by atoms with van der Waals surface area (Å²) in [5.74, 6) is -1.80. The van der Waals surface area contributed by atoms with E-state index in [1.54, 1.807) is 53.0 Å². The van der Waals surface area contributed by atoms with Crippen LogP contribution in [0.1, 0.15) is 87.0 Å². The van der Waals surface area contributed by atoms with Crippen molar-refractivity contribution in [1.82, 2.24) is 25.5 Å². The summed E-state index contributed by atoms with van der Waals surface area (Å²) in [6, 6.07) is 5.33. The zero-order valence-corrected chi connectivity index (χ0v) is 33.7. The Hall–Kier alpha value is -4.92. The molecule has 2 aliphatic rings. The van der Waals surface area contributed by atoms with Gasteiger partial charge in [-0.3, -0.25) is 9.59 Å². The highest BCUT2D eigenvalue weighted by atomic mass is 32.1. The number of hydrogen-bond acceptors (Lipinski definition) is 11. The van der Waals surface area contributed by atoms with E-state index in [0.717, 1.165) is 18.0 Å². The quantitative estimate of drug-likeness (QED) is 0.182. The highest BCUT2D eigenvalue weighted by Crippen LogP contribution is 2.36. The number of thiazole rings is 1. The van der Waals surface area contributed by atoms with Crippen LogP contribution in [0.5, 0.6) is 11.5 Å². The van der Waals surface area contributed by atoms with E-state index in [1.165, 1.54) is 23.2 Å². The van der Waals surface area contributed by atoms with Gasteiger partial charge in [-0.2, -0.15) is 0 Å². The van der Waals surface area contributed by atoms with Crippen LogP contribution in [-0.2, 0) is 19.1 Å². The SMILES string of the molecule is COc1ccc2c(O[C@@H]3C[C@H]4C(=O)N[C@@](C)(C(=O)O)C(C)C=CCCCCC[C@H](NC(=O)OC(C)(C)C)C(=O)N4C3)cc(-c3csc(NC(C)C)n3)nc2c1. The zero-order chi connectivity index (χ0) is 40.1. The molecule has 14 nitrogen and oxygen atoms in total. The lowest BCUT2D eigenvalue weighted by Gasteiger charge is -2.34. The molecule has 0 bridgehead atoms. The highest BCUT2D eigenvalue weighted by molar-refractivity contribution is 7.14. The average molecular weight is 779 g/mol. The van der Waals surface area contributed by atoms with Gasteiger partial charge in [-0.05, 0) is 72.9 Å². The molecule has 5 rings (SSSR count). The maximum absolute atomic E-state index is 14.5. The van der Waals surface area contributed by atoms with E-state index in [-0.39, 0.29) is 19.0 Å². The third-order valence-corrected chi connectivity index (χ3v) is 10.6.